The van der Waals surface area contributed by atoms with Crippen LogP contribution in [0, 0.1) is 23.3 Å². The summed E-state index contributed by atoms with van der Waals surface area (Å²) in [6, 6.07) is 21.8. The molecule has 6 aliphatic rings. The molecule has 49 nitrogen and oxygen atoms in total. The van der Waals surface area contributed by atoms with Crippen molar-refractivity contribution in [3.8, 4) is 23.0 Å². The summed E-state index contributed by atoms with van der Waals surface area (Å²) in [6.07, 6.45) is -4.45. The van der Waals surface area contributed by atoms with E-state index in [-0.39, 0.29) is 97.0 Å². The number of Topliss-reactive ketones (excluding diaryl/α,β-unsaturated/α-hetero) is 1. The smallest absolute Gasteiger partial charge is 0.464 e. The van der Waals surface area contributed by atoms with Crippen LogP contribution >= 0.6 is 72.4 Å². The summed E-state index contributed by atoms with van der Waals surface area (Å²) in [6.45, 7) is 6.92. The minimum atomic E-state index is -5.50. The minimum Gasteiger partial charge on any atom is -0.464 e. The molecule has 8 aromatic rings. The molecular weight excluding hydrogens is 2100 g/mol. The highest BCUT2D eigenvalue weighted by Gasteiger charge is 2.71. The van der Waals surface area contributed by atoms with E-state index in [1.54, 1.807) is 6.92 Å². The summed E-state index contributed by atoms with van der Waals surface area (Å²) in [5.74, 6) is -8.72. The molecule has 4 aromatic heterocycles. The second-order valence-corrected chi connectivity index (χ2v) is 49.3. The lowest BCUT2D eigenvalue weighted by atomic mass is 10.1. The zero-order chi connectivity index (χ0) is 105. The first-order valence-corrected chi connectivity index (χ1v) is 54.8. The fourth-order valence-corrected chi connectivity index (χ4v) is 28.2. The van der Waals surface area contributed by atoms with Crippen LogP contribution in [-0.2, 0) is 127 Å². The second kappa shape index (κ2) is 46.0. The number of hydrogen-bond acceptors (Lipinski definition) is 38. The molecule has 143 heavy (non-hydrogen) atoms. The SMILES string of the molecule is CCC(=O)CC(C)OC(=O)Oc1cc(F)c(C2OP(=O)(O)C(O)(Cc3cccnc3)P(=O)(O)O2)c(F)c1.CCCN(CCOC(C)=O)C(=O)Oc1ccc(C2OP(=O)(O)C(O)(Cc3cccnc3)P(=O)(O)O2)cc1.O=C1CCCN1C(=O)Oc1c(F)cc(C2OP(=O)(O)C(O)(Cc3cccnc3)P(=O)(O)O2)cc1Cl.O=C1CCCN1C(=O)Oc1ccc(C2OP(=O)(O)C(O)(Cc3cccnc3)P(=O)(O)O2)c(F)c1. The molecule has 12 N–H and O–H groups in total. The van der Waals surface area contributed by atoms with Crippen molar-refractivity contribution < 1.29 is 217 Å². The first kappa shape index (κ1) is 113. The maximum Gasteiger partial charge on any atom is 0.514 e. The fraction of sp³-hybridized carbons (Fsp3) is 0.358. The molecule has 6 fully saturated rings. The van der Waals surface area contributed by atoms with Gasteiger partial charge in [0, 0.05) is 162 Å². The molecule has 774 valence electrons. The van der Waals surface area contributed by atoms with Crippen molar-refractivity contribution in [3.63, 3.8) is 0 Å². The Labute approximate surface area is 811 Å². The zero-order valence-corrected chi connectivity index (χ0v) is 82.4. The van der Waals surface area contributed by atoms with Crippen molar-refractivity contribution in [3.05, 3.63) is 238 Å². The Morgan fingerprint density at radius 3 is 1.22 bits per heavy atom. The highest BCUT2D eigenvalue weighted by molar-refractivity contribution is 7.75. The number of halogens is 5. The number of rotatable bonds is 25. The van der Waals surface area contributed by atoms with E-state index >= 15 is 0 Å². The third-order valence-corrected chi connectivity index (χ3v) is 39.8. The highest BCUT2D eigenvalue weighted by atomic mass is 35.5. The van der Waals surface area contributed by atoms with Gasteiger partial charge in [0.1, 0.15) is 53.2 Å². The fourth-order valence-electron chi connectivity index (χ4n) is 13.7. The monoisotopic (exact) mass is 2190 g/mol. The van der Waals surface area contributed by atoms with E-state index in [0.717, 1.165) is 34.2 Å². The van der Waals surface area contributed by atoms with Crippen LogP contribution < -0.4 is 18.9 Å². The minimum absolute atomic E-state index is 0.00922. The lowest BCUT2D eigenvalue weighted by Crippen LogP contribution is -2.38. The van der Waals surface area contributed by atoms with Gasteiger partial charge in [-0.05, 0) is 109 Å². The second-order valence-electron chi connectivity index (χ2n) is 31.6. The molecule has 62 heteroatoms. The van der Waals surface area contributed by atoms with Crippen molar-refractivity contribution in [1.29, 1.82) is 0 Å². The predicted octanol–water partition coefficient (Wildman–Crippen LogP) is 13.0. The number of carbonyl (C=O) groups is 8. The molecule has 9 atom stereocenters. The predicted molar refractivity (Wildman–Crippen MR) is 475 cm³/mol. The third-order valence-electron chi connectivity index (χ3n) is 21.2. The molecule has 0 aliphatic carbocycles. The number of amides is 5. The molecule has 10 heterocycles. The van der Waals surface area contributed by atoms with Gasteiger partial charge in [0.05, 0.1) is 17.1 Å². The van der Waals surface area contributed by atoms with E-state index in [0.29, 0.717) is 50.1 Å². The standard InChI is InChI=1S/C22H28N2O11P2.C21H23F2NO11P2.C19H18ClFN2O10P2.C19H19FN2O10P2/c1-3-11-24(12-13-32-16(2)25)21(26)33-19-8-6-18(7-9-19)20-34-36(28,29)22(27,37(30,31)35-20)14-17-5-4-10-23-15-17;1-3-14(25)7-12(2)32-20(26)33-15-8-16(22)18(17(23)9-15)19-34-36(28,29)21(27,37(30,31)35-19)10-13-5-4-6-24-11-13;20-13-7-12(8-14(21)16(13)31-18(25)23-6-2-4-15(23)24)17-32-34(27,28)19(26,35(29,30)33-17)9-11-3-1-5-22-10-11;20-15-9-13(30-18(24)22-8-2-4-16(22)23)5-6-14(15)17-31-33(26,27)19(25,34(28,29)32-17)10-12-3-1-7-21-11-12/h4-10,15,20,27H,3,11-14H2,1-2H3,(H,28,29)(H,30,31);4-6,8-9,11-12,19,27H,3,7,10H2,1-2H3,(H,28,29)(H,30,31);1,3,5,7-8,10,17,26H,2,4,6,9H2,(H,27,28)(H,29,30);1,3,5-7,9,11,17,25H,2,4,8,10H2,(H,26,27)(H,28,29). The van der Waals surface area contributed by atoms with Gasteiger partial charge in [-0.2, -0.15) is 0 Å². The first-order valence-electron chi connectivity index (χ1n) is 41.8. The van der Waals surface area contributed by atoms with E-state index in [9.17, 15) is 152 Å². The quantitative estimate of drug-likeness (QED) is 0.0109. The van der Waals surface area contributed by atoms with Crippen LogP contribution in [0.15, 0.2) is 165 Å². The summed E-state index contributed by atoms with van der Waals surface area (Å²) < 4.78 is 231. The summed E-state index contributed by atoms with van der Waals surface area (Å²) in [7, 11) is -42.5. The van der Waals surface area contributed by atoms with Gasteiger partial charge < -0.3 is 92.9 Å². The molecule has 0 bridgehead atoms. The Bertz CT molecular complexity index is 6360. The molecule has 4 aromatic carbocycles. The average Bonchev–Trinajstić information content (AvgIpc) is 0.914. The van der Waals surface area contributed by atoms with Crippen molar-refractivity contribution in [2.24, 2.45) is 0 Å². The summed E-state index contributed by atoms with van der Waals surface area (Å²) in [5.41, 5.74) is -1.55. The van der Waals surface area contributed by atoms with Crippen molar-refractivity contribution in [1.82, 2.24) is 34.6 Å². The molecule has 14 rings (SSSR count). The van der Waals surface area contributed by atoms with Gasteiger partial charge in [-0.3, -0.25) is 112 Å². The Morgan fingerprint density at radius 2 is 0.860 bits per heavy atom. The van der Waals surface area contributed by atoms with Gasteiger partial charge in [0.2, 0.25) is 37.0 Å². The number of imide groups is 2. The molecule has 0 radical (unpaired) electrons. The highest BCUT2D eigenvalue weighted by Crippen LogP contribution is 2.83. The van der Waals surface area contributed by atoms with Gasteiger partial charge in [-0.15, -0.1) is 0 Å². The number of esters is 1. The van der Waals surface area contributed by atoms with Crippen LogP contribution in [-0.4, -0.2) is 201 Å². The normalized spacial score (nSPS) is 29.5. The van der Waals surface area contributed by atoms with Gasteiger partial charge in [0.25, 0.3) is 20.3 Å². The zero-order valence-electron chi connectivity index (χ0n) is 74.5. The van der Waals surface area contributed by atoms with Crippen LogP contribution in [0.4, 0.5) is 36.7 Å². The van der Waals surface area contributed by atoms with Crippen LogP contribution in [0.5, 0.6) is 23.0 Å². The van der Waals surface area contributed by atoms with Gasteiger partial charge in [-0.1, -0.05) is 61.8 Å². The number of aliphatic hydroxyl groups is 4. The Balaban J connectivity index is 0.000000182. The number of ketones is 1. The molecular formula is C81H88ClF4N7O42P8. The van der Waals surface area contributed by atoms with E-state index in [1.807, 2.05) is 6.92 Å². The van der Waals surface area contributed by atoms with Crippen LogP contribution in [0.1, 0.15) is 142 Å². The molecule has 6 aliphatic heterocycles. The van der Waals surface area contributed by atoms with Crippen molar-refractivity contribution in [2.75, 3.05) is 32.8 Å². The first-order chi connectivity index (χ1) is 66.8. The lowest BCUT2D eigenvalue weighted by molar-refractivity contribution is -0.141. The van der Waals surface area contributed by atoms with E-state index in [2.05, 4.69) is 19.9 Å². The lowest BCUT2D eigenvalue weighted by Gasteiger charge is -2.41. The van der Waals surface area contributed by atoms with Crippen LogP contribution in [0.3, 0.4) is 0 Å². The Morgan fingerprint density at radius 1 is 0.476 bits per heavy atom. The van der Waals surface area contributed by atoms with Gasteiger partial charge >= 0.3 is 91.2 Å². The molecule has 0 saturated carbocycles. The maximum atomic E-state index is 14.8. The number of likely N-dealkylation sites (tertiary alicyclic amines) is 2. The number of hydrogen-bond donors (Lipinski definition) is 12. The number of ether oxygens (including phenoxy) is 6. The molecule has 0 spiro atoms. The summed E-state index contributed by atoms with van der Waals surface area (Å²) in [4.78, 5) is 195. The maximum absolute atomic E-state index is 14.8. The summed E-state index contributed by atoms with van der Waals surface area (Å²) in [5, 5.41) is 29.4. The number of benzene rings is 4. The Hall–Kier alpha value is -9.91. The summed E-state index contributed by atoms with van der Waals surface area (Å²) >= 11 is 6.00. The van der Waals surface area contributed by atoms with E-state index < -0.39 is 237 Å². The average molecular weight is 2190 g/mol. The van der Waals surface area contributed by atoms with Crippen molar-refractivity contribution in [2.45, 2.75) is 150 Å². The van der Waals surface area contributed by atoms with E-state index in [4.69, 9.17) is 76.2 Å². The molecule has 5 amide bonds. The number of nitrogens with zero attached hydrogens (tertiary/aromatic N) is 7. The number of aromatic nitrogens is 4. The Kier molecular flexibility index (Phi) is 36.5. The number of carbonyl (C=O) groups excluding carboxylic acids is 8. The molecule has 6 saturated heterocycles. The van der Waals surface area contributed by atoms with Crippen LogP contribution in [0.2, 0.25) is 5.02 Å². The number of pyridine rings is 4. The van der Waals surface area contributed by atoms with Crippen LogP contribution in [0.25, 0.3) is 0 Å². The molecule has 9 unspecified atom stereocenters. The van der Waals surface area contributed by atoms with E-state index in [1.165, 1.54) is 135 Å². The third kappa shape index (κ3) is 26.2. The largest absolute Gasteiger partial charge is 0.514 e. The van der Waals surface area contributed by atoms with Gasteiger partial charge in [0.15, 0.2) is 11.6 Å². The van der Waals surface area contributed by atoms with Gasteiger partial charge in [-0.25, -0.2) is 46.5 Å². The topological polar surface area (TPSA) is 706 Å². The van der Waals surface area contributed by atoms with Crippen molar-refractivity contribution >= 4 is 120 Å².